The molecule has 1 aromatic rings. The number of hydrogen-bond acceptors (Lipinski definition) is 2. The van der Waals surface area contributed by atoms with Gasteiger partial charge in [-0.2, -0.15) is 0 Å². The Morgan fingerprint density at radius 1 is 1.69 bits per heavy atom. The van der Waals surface area contributed by atoms with Gasteiger partial charge < -0.3 is 5.32 Å². The van der Waals surface area contributed by atoms with Crippen LogP contribution in [0.1, 0.15) is 10.5 Å². The fourth-order valence-electron chi connectivity index (χ4n) is 0.732. The first-order valence-corrected chi connectivity index (χ1v) is 3.95. The smallest absolute Gasteiger partial charge is 0.270 e. The standard InChI is InChI=1S/C9H7ClN2O/c1-2-5-11-9(13)8-4-3-7(10)6-12-8/h1,3-4,6H,5H2,(H,11,13). The molecule has 1 amide bonds. The molecule has 0 bridgehead atoms. The van der Waals surface area contributed by atoms with Crippen molar-refractivity contribution in [1.29, 1.82) is 0 Å². The predicted molar refractivity (Wildman–Crippen MR) is 50.4 cm³/mol. The zero-order valence-electron chi connectivity index (χ0n) is 6.75. The summed E-state index contributed by atoms with van der Waals surface area (Å²) in [6, 6.07) is 3.13. The van der Waals surface area contributed by atoms with Crippen LogP contribution in [0.15, 0.2) is 18.3 Å². The van der Waals surface area contributed by atoms with E-state index in [-0.39, 0.29) is 12.5 Å². The van der Waals surface area contributed by atoms with Crippen molar-refractivity contribution in [2.24, 2.45) is 0 Å². The molecule has 1 aromatic heterocycles. The van der Waals surface area contributed by atoms with E-state index >= 15 is 0 Å². The summed E-state index contributed by atoms with van der Waals surface area (Å²) in [5.41, 5.74) is 0.305. The number of nitrogens with one attached hydrogen (secondary N) is 1. The number of aromatic nitrogens is 1. The lowest BCUT2D eigenvalue weighted by Crippen LogP contribution is -2.24. The van der Waals surface area contributed by atoms with Crippen LogP contribution < -0.4 is 5.32 Å². The topological polar surface area (TPSA) is 42.0 Å². The van der Waals surface area contributed by atoms with Gasteiger partial charge in [-0.3, -0.25) is 4.79 Å². The average molecular weight is 195 g/mol. The third kappa shape index (κ3) is 2.77. The van der Waals surface area contributed by atoms with Gasteiger partial charge >= 0.3 is 0 Å². The minimum absolute atomic E-state index is 0.198. The van der Waals surface area contributed by atoms with Gasteiger partial charge in [0.2, 0.25) is 0 Å². The van der Waals surface area contributed by atoms with Crippen molar-refractivity contribution in [3.63, 3.8) is 0 Å². The monoisotopic (exact) mass is 194 g/mol. The van der Waals surface area contributed by atoms with Crippen LogP contribution in [0.2, 0.25) is 5.02 Å². The van der Waals surface area contributed by atoms with Gasteiger partial charge in [-0.05, 0) is 12.1 Å². The first-order valence-electron chi connectivity index (χ1n) is 3.57. The Bertz CT molecular complexity index is 340. The quantitative estimate of drug-likeness (QED) is 0.717. The van der Waals surface area contributed by atoms with Gasteiger partial charge in [0.15, 0.2) is 0 Å². The number of rotatable bonds is 2. The molecular formula is C9H7ClN2O. The van der Waals surface area contributed by atoms with Crippen molar-refractivity contribution >= 4 is 17.5 Å². The van der Waals surface area contributed by atoms with Gasteiger partial charge in [-0.15, -0.1) is 6.42 Å². The molecule has 0 fully saturated rings. The van der Waals surface area contributed by atoms with Gasteiger partial charge in [0.25, 0.3) is 5.91 Å². The van der Waals surface area contributed by atoms with E-state index in [0.29, 0.717) is 10.7 Å². The maximum Gasteiger partial charge on any atom is 0.270 e. The fraction of sp³-hybridized carbons (Fsp3) is 0.111. The van der Waals surface area contributed by atoms with Crippen molar-refractivity contribution in [3.05, 3.63) is 29.0 Å². The highest BCUT2D eigenvalue weighted by atomic mass is 35.5. The number of pyridine rings is 1. The molecule has 0 aliphatic rings. The van der Waals surface area contributed by atoms with Crippen molar-refractivity contribution in [1.82, 2.24) is 10.3 Å². The van der Waals surface area contributed by atoms with E-state index in [1.165, 1.54) is 12.3 Å². The van der Waals surface area contributed by atoms with Gasteiger partial charge in [0.05, 0.1) is 11.6 Å². The van der Waals surface area contributed by atoms with E-state index in [4.69, 9.17) is 18.0 Å². The maximum absolute atomic E-state index is 11.2. The van der Waals surface area contributed by atoms with Gasteiger partial charge in [-0.25, -0.2) is 4.98 Å². The summed E-state index contributed by atoms with van der Waals surface area (Å²) >= 11 is 5.59. The average Bonchev–Trinajstić information content (AvgIpc) is 2.15. The lowest BCUT2D eigenvalue weighted by Gasteiger charge is -1.99. The summed E-state index contributed by atoms with van der Waals surface area (Å²) < 4.78 is 0. The zero-order valence-corrected chi connectivity index (χ0v) is 7.51. The Hall–Kier alpha value is -1.53. The van der Waals surface area contributed by atoms with E-state index in [9.17, 15) is 4.79 Å². The van der Waals surface area contributed by atoms with Gasteiger partial charge in [0, 0.05) is 6.20 Å². The van der Waals surface area contributed by atoms with Gasteiger partial charge in [0.1, 0.15) is 5.69 Å². The molecule has 0 aliphatic carbocycles. The van der Waals surface area contributed by atoms with E-state index in [1.54, 1.807) is 6.07 Å². The molecule has 0 atom stereocenters. The number of terminal acetylenes is 1. The van der Waals surface area contributed by atoms with Crippen molar-refractivity contribution in [2.45, 2.75) is 0 Å². The molecule has 0 saturated carbocycles. The number of carbonyl (C=O) groups is 1. The normalized spacial score (nSPS) is 8.92. The number of nitrogens with zero attached hydrogens (tertiary/aromatic N) is 1. The summed E-state index contributed by atoms with van der Waals surface area (Å²) in [7, 11) is 0. The van der Waals surface area contributed by atoms with E-state index in [0.717, 1.165) is 0 Å². The number of amides is 1. The summed E-state index contributed by atoms with van der Waals surface area (Å²) in [6.45, 7) is 0.198. The number of carbonyl (C=O) groups excluding carboxylic acids is 1. The molecular weight excluding hydrogens is 188 g/mol. The third-order valence-corrected chi connectivity index (χ3v) is 1.53. The van der Waals surface area contributed by atoms with Crippen LogP contribution in [0.4, 0.5) is 0 Å². The van der Waals surface area contributed by atoms with Crippen molar-refractivity contribution < 1.29 is 4.79 Å². The summed E-state index contributed by atoms with van der Waals surface area (Å²) in [6.07, 6.45) is 6.38. The first-order chi connectivity index (χ1) is 6.24. The summed E-state index contributed by atoms with van der Waals surface area (Å²) in [5, 5.41) is 2.98. The van der Waals surface area contributed by atoms with Gasteiger partial charge in [-0.1, -0.05) is 17.5 Å². The minimum atomic E-state index is -0.297. The molecule has 0 radical (unpaired) electrons. The van der Waals surface area contributed by atoms with Crippen LogP contribution in [0.5, 0.6) is 0 Å². The molecule has 0 aromatic carbocycles. The second-order valence-corrected chi connectivity index (χ2v) is 2.68. The largest absolute Gasteiger partial charge is 0.340 e. The van der Waals surface area contributed by atoms with Crippen LogP contribution in [0.25, 0.3) is 0 Å². The molecule has 0 unspecified atom stereocenters. The molecule has 0 aliphatic heterocycles. The lowest BCUT2D eigenvalue weighted by molar-refractivity contribution is 0.0954. The van der Waals surface area contributed by atoms with E-state index < -0.39 is 0 Å². The molecule has 1 heterocycles. The van der Waals surface area contributed by atoms with Crippen LogP contribution >= 0.6 is 11.6 Å². The molecule has 1 N–H and O–H groups in total. The Balaban J connectivity index is 2.68. The maximum atomic E-state index is 11.2. The van der Waals surface area contributed by atoms with Crippen molar-refractivity contribution in [3.8, 4) is 12.3 Å². The van der Waals surface area contributed by atoms with Crippen LogP contribution in [0, 0.1) is 12.3 Å². The highest BCUT2D eigenvalue weighted by Gasteiger charge is 2.04. The summed E-state index contributed by atoms with van der Waals surface area (Å²) in [5.74, 6) is 2.00. The molecule has 0 spiro atoms. The zero-order chi connectivity index (χ0) is 9.68. The highest BCUT2D eigenvalue weighted by molar-refractivity contribution is 6.30. The molecule has 0 saturated heterocycles. The van der Waals surface area contributed by atoms with Crippen LogP contribution in [-0.2, 0) is 0 Å². The van der Waals surface area contributed by atoms with Crippen molar-refractivity contribution in [2.75, 3.05) is 6.54 Å². The first kappa shape index (κ1) is 9.56. The molecule has 66 valence electrons. The molecule has 3 nitrogen and oxygen atoms in total. The van der Waals surface area contributed by atoms with E-state index in [1.807, 2.05) is 0 Å². The molecule has 1 rings (SSSR count). The Morgan fingerprint density at radius 3 is 3.00 bits per heavy atom. The van der Waals surface area contributed by atoms with Crippen LogP contribution in [0.3, 0.4) is 0 Å². The molecule has 4 heteroatoms. The second-order valence-electron chi connectivity index (χ2n) is 2.25. The summed E-state index contributed by atoms with van der Waals surface area (Å²) in [4.78, 5) is 15.0. The predicted octanol–water partition coefficient (Wildman–Crippen LogP) is 1.10. The lowest BCUT2D eigenvalue weighted by atomic mass is 10.3. The highest BCUT2D eigenvalue weighted by Crippen LogP contribution is 2.05. The number of halogens is 1. The minimum Gasteiger partial charge on any atom is -0.340 e. The van der Waals surface area contributed by atoms with E-state index in [2.05, 4.69) is 16.2 Å². The molecule has 13 heavy (non-hydrogen) atoms. The second kappa shape index (κ2) is 4.48. The number of hydrogen-bond donors (Lipinski definition) is 1. The Morgan fingerprint density at radius 2 is 2.46 bits per heavy atom. The van der Waals surface area contributed by atoms with Crippen LogP contribution in [-0.4, -0.2) is 17.4 Å². The fourth-order valence-corrected chi connectivity index (χ4v) is 0.844. The SMILES string of the molecule is C#CCNC(=O)c1ccc(Cl)cn1. The third-order valence-electron chi connectivity index (χ3n) is 1.31. The Kier molecular flexibility index (Phi) is 3.30. The Labute approximate surface area is 81.1 Å².